The highest BCUT2D eigenvalue weighted by Gasteiger charge is 2.08. The lowest BCUT2D eigenvalue weighted by molar-refractivity contribution is 0.362. The summed E-state index contributed by atoms with van der Waals surface area (Å²) in [5, 5.41) is 0. The quantitative estimate of drug-likeness (QED) is 0.858. The van der Waals surface area contributed by atoms with Crippen molar-refractivity contribution in [2.75, 3.05) is 6.61 Å². The molecule has 20 heavy (non-hydrogen) atoms. The topological polar surface area (TPSA) is 35.2 Å². The maximum absolute atomic E-state index is 6.07. The molecule has 0 heterocycles. The molecule has 0 unspecified atom stereocenters. The third-order valence-electron chi connectivity index (χ3n) is 3.06. The fourth-order valence-corrected chi connectivity index (χ4v) is 1.91. The molecule has 0 aliphatic carbocycles. The Balaban J connectivity index is 2.00. The van der Waals surface area contributed by atoms with Gasteiger partial charge < -0.3 is 10.5 Å². The smallest absolute Gasteiger partial charge is 0.149 e. The first-order valence-corrected chi connectivity index (χ1v) is 6.82. The van der Waals surface area contributed by atoms with Crippen LogP contribution in [-0.2, 0) is 0 Å². The van der Waals surface area contributed by atoms with Gasteiger partial charge in [-0.2, -0.15) is 0 Å². The third-order valence-corrected chi connectivity index (χ3v) is 3.06. The number of hydrogen-bond acceptors (Lipinski definition) is 2. The highest BCUT2D eigenvalue weighted by atomic mass is 16.5. The van der Waals surface area contributed by atoms with Gasteiger partial charge >= 0.3 is 0 Å². The summed E-state index contributed by atoms with van der Waals surface area (Å²) in [7, 11) is 0. The van der Waals surface area contributed by atoms with Crippen molar-refractivity contribution in [2.45, 2.75) is 19.4 Å². The van der Waals surface area contributed by atoms with Crippen molar-refractivity contribution in [3.63, 3.8) is 0 Å². The number of nitrogens with two attached hydrogens (primary N) is 1. The molecule has 0 radical (unpaired) electrons. The Morgan fingerprint density at radius 2 is 1.75 bits per heavy atom. The van der Waals surface area contributed by atoms with E-state index < -0.39 is 0 Å². The van der Waals surface area contributed by atoms with Crippen LogP contribution in [0.2, 0.25) is 0 Å². The molecule has 2 rings (SSSR count). The van der Waals surface area contributed by atoms with Crippen LogP contribution in [-0.4, -0.2) is 6.61 Å². The van der Waals surface area contributed by atoms with E-state index in [0.29, 0.717) is 6.61 Å². The van der Waals surface area contributed by atoms with Gasteiger partial charge in [0.2, 0.25) is 0 Å². The molecule has 2 nitrogen and oxygen atoms in total. The molecular formula is C18H19NO. The van der Waals surface area contributed by atoms with Crippen LogP contribution in [0.5, 0.6) is 5.75 Å². The van der Waals surface area contributed by atoms with E-state index in [9.17, 15) is 0 Å². The molecule has 0 saturated carbocycles. The van der Waals surface area contributed by atoms with Crippen molar-refractivity contribution in [1.82, 2.24) is 0 Å². The summed E-state index contributed by atoms with van der Waals surface area (Å²) in [6.45, 7) is 2.43. The lowest BCUT2D eigenvalue weighted by Gasteiger charge is -2.14. The second-order valence-corrected chi connectivity index (χ2v) is 4.51. The number of benzene rings is 2. The molecule has 2 aromatic carbocycles. The predicted molar refractivity (Wildman–Crippen MR) is 82.5 cm³/mol. The normalized spacial score (nSPS) is 11.3. The molecule has 0 aromatic heterocycles. The molecule has 102 valence electrons. The van der Waals surface area contributed by atoms with Gasteiger partial charge in [0.15, 0.2) is 0 Å². The molecule has 0 aliphatic rings. The van der Waals surface area contributed by atoms with Gasteiger partial charge in [0.25, 0.3) is 0 Å². The minimum Gasteiger partial charge on any atom is -0.481 e. The molecule has 2 aromatic rings. The molecular weight excluding hydrogens is 246 g/mol. The van der Waals surface area contributed by atoms with E-state index in [-0.39, 0.29) is 6.04 Å². The van der Waals surface area contributed by atoms with E-state index in [4.69, 9.17) is 10.5 Å². The van der Waals surface area contributed by atoms with Gasteiger partial charge in [-0.1, -0.05) is 55.2 Å². The van der Waals surface area contributed by atoms with Crippen LogP contribution >= 0.6 is 0 Å². The van der Waals surface area contributed by atoms with Gasteiger partial charge in [-0.15, -0.1) is 0 Å². The zero-order valence-corrected chi connectivity index (χ0v) is 11.7. The average molecular weight is 265 g/mol. The van der Waals surface area contributed by atoms with E-state index in [1.54, 1.807) is 0 Å². The van der Waals surface area contributed by atoms with Crippen LogP contribution in [0.4, 0.5) is 0 Å². The van der Waals surface area contributed by atoms with E-state index in [0.717, 1.165) is 23.3 Å². The second kappa shape index (κ2) is 7.37. The highest BCUT2D eigenvalue weighted by Crippen LogP contribution is 2.25. The fourth-order valence-electron chi connectivity index (χ4n) is 1.91. The molecule has 0 spiro atoms. The Bertz CT molecular complexity index is 596. The number of para-hydroxylation sites is 1. The number of rotatable bonds is 4. The second-order valence-electron chi connectivity index (χ2n) is 4.51. The van der Waals surface area contributed by atoms with Crippen LogP contribution in [0, 0.1) is 11.8 Å². The van der Waals surface area contributed by atoms with Crippen LogP contribution in [0.25, 0.3) is 0 Å². The molecule has 0 fully saturated rings. The van der Waals surface area contributed by atoms with Gasteiger partial charge in [0, 0.05) is 17.2 Å². The molecule has 0 bridgehead atoms. The van der Waals surface area contributed by atoms with E-state index in [1.807, 2.05) is 54.6 Å². The molecule has 0 amide bonds. The summed E-state index contributed by atoms with van der Waals surface area (Å²) in [5.74, 6) is 6.92. The van der Waals surface area contributed by atoms with E-state index in [1.165, 1.54) is 0 Å². The Kier molecular flexibility index (Phi) is 5.23. The molecule has 0 saturated heterocycles. The Morgan fingerprint density at radius 1 is 1.05 bits per heavy atom. The minimum absolute atomic E-state index is 0.00767. The third kappa shape index (κ3) is 3.88. The van der Waals surface area contributed by atoms with Gasteiger partial charge in [-0.25, -0.2) is 0 Å². The Morgan fingerprint density at radius 3 is 2.50 bits per heavy atom. The SMILES string of the molecule is CC[C@@H](N)c1ccccc1OCC#Cc1ccccc1. The standard InChI is InChI=1S/C18H19NO/c1-2-17(19)16-12-6-7-13-18(16)20-14-8-11-15-9-4-3-5-10-15/h3-7,9-10,12-13,17H,2,14,19H2,1H3/t17-/m1/s1. The largest absolute Gasteiger partial charge is 0.481 e. The van der Waals surface area contributed by atoms with Crippen LogP contribution in [0.1, 0.15) is 30.5 Å². The summed E-state index contributed by atoms with van der Waals surface area (Å²) >= 11 is 0. The summed E-state index contributed by atoms with van der Waals surface area (Å²) in [4.78, 5) is 0. The van der Waals surface area contributed by atoms with Crippen molar-refractivity contribution >= 4 is 0 Å². The van der Waals surface area contributed by atoms with Gasteiger partial charge in [-0.3, -0.25) is 0 Å². The molecule has 2 N–H and O–H groups in total. The fraction of sp³-hybridized carbons (Fsp3) is 0.222. The van der Waals surface area contributed by atoms with Crippen LogP contribution in [0.3, 0.4) is 0 Å². The van der Waals surface area contributed by atoms with Crippen molar-refractivity contribution in [3.05, 3.63) is 65.7 Å². The maximum Gasteiger partial charge on any atom is 0.149 e. The van der Waals surface area contributed by atoms with Gasteiger partial charge in [0.1, 0.15) is 12.4 Å². The number of ether oxygens (including phenoxy) is 1. The Hall–Kier alpha value is -2.24. The first-order valence-electron chi connectivity index (χ1n) is 6.82. The Labute approximate surface area is 120 Å². The molecule has 0 aliphatic heterocycles. The molecule has 2 heteroatoms. The van der Waals surface area contributed by atoms with Gasteiger partial charge in [-0.05, 0) is 24.6 Å². The summed E-state index contributed by atoms with van der Waals surface area (Å²) in [5.41, 5.74) is 8.11. The predicted octanol–water partition coefficient (Wildman–Crippen LogP) is 3.53. The maximum atomic E-state index is 6.07. The van der Waals surface area contributed by atoms with E-state index >= 15 is 0 Å². The van der Waals surface area contributed by atoms with Crippen molar-refractivity contribution in [1.29, 1.82) is 0 Å². The van der Waals surface area contributed by atoms with E-state index in [2.05, 4.69) is 18.8 Å². The lowest BCUT2D eigenvalue weighted by Crippen LogP contribution is -2.10. The zero-order chi connectivity index (χ0) is 14.2. The van der Waals surface area contributed by atoms with Crippen molar-refractivity contribution in [2.24, 2.45) is 5.73 Å². The monoisotopic (exact) mass is 265 g/mol. The number of hydrogen-bond donors (Lipinski definition) is 1. The van der Waals surface area contributed by atoms with Crippen molar-refractivity contribution < 1.29 is 4.74 Å². The summed E-state index contributed by atoms with van der Waals surface area (Å²) in [6.07, 6.45) is 0.885. The van der Waals surface area contributed by atoms with Crippen LogP contribution in [0.15, 0.2) is 54.6 Å². The van der Waals surface area contributed by atoms with Gasteiger partial charge in [0.05, 0.1) is 0 Å². The first kappa shape index (κ1) is 14.2. The zero-order valence-electron chi connectivity index (χ0n) is 11.7. The minimum atomic E-state index is 0.00767. The highest BCUT2D eigenvalue weighted by molar-refractivity contribution is 5.37. The summed E-state index contributed by atoms with van der Waals surface area (Å²) in [6, 6.07) is 17.8. The average Bonchev–Trinajstić information content (AvgIpc) is 2.52. The van der Waals surface area contributed by atoms with Crippen LogP contribution < -0.4 is 10.5 Å². The molecule has 1 atom stereocenters. The summed E-state index contributed by atoms with van der Waals surface area (Å²) < 4.78 is 5.73. The lowest BCUT2D eigenvalue weighted by atomic mass is 10.0. The van der Waals surface area contributed by atoms with Crippen molar-refractivity contribution in [3.8, 4) is 17.6 Å². The first-order chi connectivity index (χ1) is 9.81.